The topological polar surface area (TPSA) is 48.0 Å². The van der Waals surface area contributed by atoms with Gasteiger partial charge in [0, 0.05) is 13.0 Å². The van der Waals surface area contributed by atoms with Crippen LogP contribution in [0.1, 0.15) is 37.5 Å². The van der Waals surface area contributed by atoms with Gasteiger partial charge in [0.25, 0.3) is 0 Å². The Morgan fingerprint density at radius 2 is 1.56 bits per heavy atom. The van der Waals surface area contributed by atoms with Crippen molar-refractivity contribution in [2.24, 2.45) is 0 Å². The molecule has 6 heteroatoms. The van der Waals surface area contributed by atoms with E-state index < -0.39 is 7.75 Å². The number of hydrogen-bond donors (Lipinski definition) is 0. The van der Waals surface area contributed by atoms with E-state index in [1.165, 1.54) is 0 Å². The minimum atomic E-state index is -3.27. The van der Waals surface area contributed by atoms with Gasteiger partial charge < -0.3 is 4.74 Å². The molecule has 0 saturated carbocycles. The van der Waals surface area contributed by atoms with Crippen molar-refractivity contribution in [3.05, 3.63) is 65.7 Å². The molecule has 148 valence electrons. The zero-order chi connectivity index (χ0) is 19.7. The lowest BCUT2D eigenvalue weighted by Gasteiger charge is -2.28. The number of para-hydroxylation sites is 1. The van der Waals surface area contributed by atoms with E-state index in [0.29, 0.717) is 26.2 Å². The van der Waals surface area contributed by atoms with E-state index in [-0.39, 0.29) is 6.10 Å². The molecule has 1 unspecified atom stereocenters. The van der Waals surface area contributed by atoms with Gasteiger partial charge in [-0.3, -0.25) is 9.05 Å². The third-order valence-corrected chi connectivity index (χ3v) is 6.46. The van der Waals surface area contributed by atoms with E-state index in [1.54, 1.807) is 11.7 Å². The molecule has 0 amide bonds. The van der Waals surface area contributed by atoms with E-state index in [2.05, 4.69) is 0 Å². The van der Waals surface area contributed by atoms with Gasteiger partial charge in [-0.1, -0.05) is 48.5 Å². The molecule has 1 atom stereocenters. The Morgan fingerprint density at radius 1 is 0.963 bits per heavy atom. The summed E-state index contributed by atoms with van der Waals surface area (Å²) in [5, 5.41) is 0. The summed E-state index contributed by atoms with van der Waals surface area (Å²) < 4.78 is 31.7. The highest BCUT2D eigenvalue weighted by Crippen LogP contribution is 2.51. The van der Waals surface area contributed by atoms with Crippen LogP contribution in [0.15, 0.2) is 54.6 Å². The van der Waals surface area contributed by atoms with Crippen LogP contribution in [0.4, 0.5) is 0 Å². The molecule has 0 fully saturated rings. The van der Waals surface area contributed by atoms with Crippen LogP contribution in [0, 0.1) is 6.92 Å². The highest BCUT2D eigenvalue weighted by molar-refractivity contribution is 7.51. The van der Waals surface area contributed by atoms with Crippen LogP contribution < -0.4 is 4.74 Å². The fourth-order valence-corrected chi connectivity index (χ4v) is 4.27. The van der Waals surface area contributed by atoms with E-state index in [4.69, 9.17) is 13.8 Å². The van der Waals surface area contributed by atoms with E-state index in [9.17, 15) is 4.57 Å². The largest absolute Gasteiger partial charge is 0.485 e. The second-order valence-corrected chi connectivity index (χ2v) is 8.39. The molecule has 0 N–H and O–H groups in total. The normalized spacial score (nSPS) is 12.9. The zero-order valence-corrected chi connectivity index (χ0v) is 17.5. The quantitative estimate of drug-likeness (QED) is 0.466. The fourth-order valence-electron chi connectivity index (χ4n) is 2.79. The highest BCUT2D eigenvalue weighted by atomic mass is 31.2. The van der Waals surface area contributed by atoms with Gasteiger partial charge in [0.05, 0.1) is 13.2 Å². The number of aryl methyl sites for hydroxylation is 1. The van der Waals surface area contributed by atoms with Crippen LogP contribution >= 0.6 is 7.75 Å². The summed E-state index contributed by atoms with van der Waals surface area (Å²) >= 11 is 0. The lowest BCUT2D eigenvalue weighted by atomic mass is 10.1. The van der Waals surface area contributed by atoms with Crippen LogP contribution in [0.25, 0.3) is 0 Å². The predicted octanol–water partition coefficient (Wildman–Crippen LogP) is 5.62. The summed E-state index contributed by atoms with van der Waals surface area (Å²) in [6, 6.07) is 18.0. The molecule has 0 aliphatic heterocycles. The third-order valence-electron chi connectivity index (χ3n) is 4.25. The van der Waals surface area contributed by atoms with Gasteiger partial charge in [0.2, 0.25) is 0 Å². The number of rotatable bonds is 11. The summed E-state index contributed by atoms with van der Waals surface area (Å²) in [6.07, 6.45) is 0.491. The second-order valence-electron chi connectivity index (χ2n) is 6.26. The van der Waals surface area contributed by atoms with Crippen LogP contribution in [0.3, 0.4) is 0 Å². The van der Waals surface area contributed by atoms with Crippen molar-refractivity contribution in [1.29, 1.82) is 0 Å². The summed E-state index contributed by atoms with van der Waals surface area (Å²) in [5.41, 5.74) is 2.16. The molecular weight excluding hydrogens is 361 g/mol. The molecule has 0 heterocycles. The molecular formula is C21H30NO4P. The van der Waals surface area contributed by atoms with Gasteiger partial charge in [0.15, 0.2) is 0 Å². The first-order valence-corrected chi connectivity index (χ1v) is 10.9. The molecule has 2 aromatic carbocycles. The van der Waals surface area contributed by atoms with Crippen molar-refractivity contribution in [3.63, 3.8) is 0 Å². The maximum absolute atomic E-state index is 12.9. The van der Waals surface area contributed by atoms with Gasteiger partial charge in [-0.15, -0.1) is 0 Å². The Labute approximate surface area is 162 Å². The third kappa shape index (κ3) is 6.18. The summed E-state index contributed by atoms with van der Waals surface area (Å²) in [4.78, 5) is 0. The van der Waals surface area contributed by atoms with Crippen molar-refractivity contribution in [2.45, 2.75) is 33.3 Å². The maximum Gasteiger partial charge on any atom is 0.407 e. The summed E-state index contributed by atoms with van der Waals surface area (Å²) in [7, 11) is -1.51. The molecule has 0 spiro atoms. The summed E-state index contributed by atoms with van der Waals surface area (Å²) in [6.45, 7) is 6.85. The van der Waals surface area contributed by atoms with Crippen LogP contribution in [-0.2, 0) is 13.6 Å². The molecule has 27 heavy (non-hydrogen) atoms. The molecule has 2 aromatic rings. The first-order valence-electron chi connectivity index (χ1n) is 9.38. The molecule has 0 saturated heterocycles. The zero-order valence-electron chi connectivity index (χ0n) is 16.6. The minimum Gasteiger partial charge on any atom is -0.485 e. The number of hydrogen-bond acceptors (Lipinski definition) is 4. The number of nitrogens with zero attached hydrogens (tertiary/aromatic N) is 1. The van der Waals surface area contributed by atoms with Crippen LogP contribution in [0.5, 0.6) is 5.75 Å². The Bertz CT molecular complexity index is 728. The van der Waals surface area contributed by atoms with Crippen LogP contribution in [0.2, 0.25) is 0 Å². The van der Waals surface area contributed by atoms with Crippen LogP contribution in [-0.4, -0.2) is 31.5 Å². The van der Waals surface area contributed by atoms with Gasteiger partial charge >= 0.3 is 7.75 Å². The molecule has 0 radical (unpaired) electrons. The molecule has 0 aromatic heterocycles. The standard InChI is InChI=1S/C21H30NO4P/c1-5-24-27(23,25-6-2)22(4)17-16-21(19-13-8-7-9-14-19)26-20-15-11-10-12-18(20)3/h7-15,21H,5-6,16-17H2,1-4H3. The molecule has 5 nitrogen and oxygen atoms in total. The van der Waals surface area contributed by atoms with E-state index in [1.807, 2.05) is 75.4 Å². The maximum atomic E-state index is 12.9. The van der Waals surface area contributed by atoms with E-state index >= 15 is 0 Å². The Hall–Kier alpha value is -1.65. The lowest BCUT2D eigenvalue weighted by molar-refractivity contribution is 0.155. The van der Waals surface area contributed by atoms with Crippen molar-refractivity contribution in [1.82, 2.24) is 4.67 Å². The molecule has 0 bridgehead atoms. The Morgan fingerprint density at radius 3 is 2.15 bits per heavy atom. The highest BCUT2D eigenvalue weighted by Gasteiger charge is 2.30. The predicted molar refractivity (Wildman–Crippen MR) is 109 cm³/mol. The Balaban J connectivity index is 2.15. The second kappa shape index (κ2) is 10.6. The fraction of sp³-hybridized carbons (Fsp3) is 0.429. The van der Waals surface area contributed by atoms with Crippen molar-refractivity contribution < 1.29 is 18.3 Å². The number of ether oxygens (including phenoxy) is 1. The SMILES string of the molecule is CCOP(=O)(OCC)N(C)CCC(Oc1ccccc1C)c1ccccc1. The molecule has 2 rings (SSSR count). The van der Waals surface area contributed by atoms with Gasteiger partial charge in [-0.2, -0.15) is 0 Å². The first kappa shape index (κ1) is 21.6. The van der Waals surface area contributed by atoms with Crippen molar-refractivity contribution in [3.8, 4) is 5.75 Å². The van der Waals surface area contributed by atoms with Gasteiger partial charge in [-0.05, 0) is 45.0 Å². The first-order chi connectivity index (χ1) is 13.0. The average Bonchev–Trinajstić information content (AvgIpc) is 2.67. The molecule has 0 aliphatic rings. The summed E-state index contributed by atoms with van der Waals surface area (Å²) in [5.74, 6) is 0.854. The average molecular weight is 391 g/mol. The van der Waals surface area contributed by atoms with Crippen molar-refractivity contribution >= 4 is 7.75 Å². The lowest BCUT2D eigenvalue weighted by Crippen LogP contribution is -2.23. The Kier molecular flexibility index (Phi) is 8.52. The minimum absolute atomic E-state index is 0.161. The van der Waals surface area contributed by atoms with Gasteiger partial charge in [-0.25, -0.2) is 9.24 Å². The smallest absolute Gasteiger partial charge is 0.407 e. The van der Waals surface area contributed by atoms with E-state index in [0.717, 1.165) is 16.9 Å². The molecule has 0 aliphatic carbocycles. The van der Waals surface area contributed by atoms with Crippen molar-refractivity contribution in [2.75, 3.05) is 26.8 Å². The monoisotopic (exact) mass is 391 g/mol. The van der Waals surface area contributed by atoms with Gasteiger partial charge in [0.1, 0.15) is 11.9 Å². The number of benzene rings is 2.